The van der Waals surface area contributed by atoms with Crippen molar-refractivity contribution in [3.05, 3.63) is 0 Å². The summed E-state index contributed by atoms with van der Waals surface area (Å²) in [6.07, 6.45) is 1.14. The van der Waals surface area contributed by atoms with Crippen LogP contribution < -0.4 is 0 Å². The third-order valence-electron chi connectivity index (χ3n) is 2.78. The Bertz CT molecular complexity index is 202. The van der Waals surface area contributed by atoms with Gasteiger partial charge in [0, 0.05) is 19.7 Å². The van der Waals surface area contributed by atoms with Crippen molar-refractivity contribution < 1.29 is 14.3 Å². The minimum atomic E-state index is -0.135. The number of nitrogens with zero attached hydrogens (tertiary/aromatic N) is 1. The molecule has 1 fully saturated rings. The molecule has 0 unspecified atom stereocenters. The first-order chi connectivity index (χ1) is 7.13. The smallest absolute Gasteiger partial charge is 0.309 e. The van der Waals surface area contributed by atoms with E-state index in [4.69, 9.17) is 9.47 Å². The number of rotatable bonds is 5. The van der Waals surface area contributed by atoms with Crippen molar-refractivity contribution in [3.63, 3.8) is 0 Å². The third-order valence-corrected chi connectivity index (χ3v) is 2.78. The maximum Gasteiger partial charge on any atom is 0.309 e. The van der Waals surface area contributed by atoms with E-state index in [1.807, 2.05) is 14.0 Å². The van der Waals surface area contributed by atoms with Gasteiger partial charge in [0.25, 0.3) is 0 Å². The van der Waals surface area contributed by atoms with Gasteiger partial charge in [0.1, 0.15) is 0 Å². The van der Waals surface area contributed by atoms with Gasteiger partial charge in [0.2, 0.25) is 0 Å². The zero-order valence-corrected chi connectivity index (χ0v) is 9.86. The predicted octanol–water partition coefficient (Wildman–Crippen LogP) is 0.764. The van der Waals surface area contributed by atoms with Crippen molar-refractivity contribution in [2.24, 2.45) is 11.8 Å². The van der Waals surface area contributed by atoms with Gasteiger partial charge in [-0.1, -0.05) is 6.92 Å². The van der Waals surface area contributed by atoms with Crippen molar-refractivity contribution in [3.8, 4) is 0 Å². The lowest BCUT2D eigenvalue weighted by atomic mass is 10.1. The van der Waals surface area contributed by atoms with Crippen molar-refractivity contribution in [2.75, 3.05) is 40.5 Å². The molecule has 88 valence electrons. The second-order valence-electron chi connectivity index (χ2n) is 4.38. The Morgan fingerprint density at radius 1 is 1.67 bits per heavy atom. The summed E-state index contributed by atoms with van der Waals surface area (Å²) in [7, 11) is 3.47. The minimum absolute atomic E-state index is 0.0534. The summed E-state index contributed by atoms with van der Waals surface area (Å²) >= 11 is 0. The van der Waals surface area contributed by atoms with Crippen LogP contribution in [0.25, 0.3) is 0 Å². The molecular formula is C11H21NO3. The lowest BCUT2D eigenvalue weighted by molar-refractivity contribution is -0.145. The molecule has 15 heavy (non-hydrogen) atoms. The second-order valence-corrected chi connectivity index (χ2v) is 4.38. The molecule has 2 atom stereocenters. The normalized spacial score (nSPS) is 23.1. The topological polar surface area (TPSA) is 38.8 Å². The molecule has 1 aliphatic heterocycles. The van der Waals surface area contributed by atoms with Gasteiger partial charge in [-0.3, -0.25) is 4.79 Å². The molecule has 4 heteroatoms. The molecule has 0 aliphatic carbocycles. The van der Waals surface area contributed by atoms with E-state index < -0.39 is 0 Å². The van der Waals surface area contributed by atoms with Gasteiger partial charge in [-0.05, 0) is 19.4 Å². The van der Waals surface area contributed by atoms with Gasteiger partial charge in [0.15, 0.2) is 0 Å². The van der Waals surface area contributed by atoms with Gasteiger partial charge in [-0.2, -0.15) is 0 Å². The summed E-state index contributed by atoms with van der Waals surface area (Å²) in [5, 5.41) is 0. The Morgan fingerprint density at radius 2 is 2.40 bits per heavy atom. The van der Waals surface area contributed by atoms with Gasteiger partial charge in [0.05, 0.1) is 19.6 Å². The summed E-state index contributed by atoms with van der Waals surface area (Å²) in [4.78, 5) is 13.4. The number of carbonyl (C=O) groups is 1. The standard InChI is InChI=1S/C11H21NO3/c1-9(11(13)14-3)6-12(2)7-10-4-5-15-8-10/h9-10H,4-8H2,1-3H3/t9-,10-/m0/s1. The first kappa shape index (κ1) is 12.5. The van der Waals surface area contributed by atoms with Crippen molar-refractivity contribution in [1.29, 1.82) is 0 Å². The largest absolute Gasteiger partial charge is 0.469 e. The molecule has 1 aliphatic rings. The maximum atomic E-state index is 11.2. The van der Waals surface area contributed by atoms with Crippen LogP contribution in [0.5, 0.6) is 0 Å². The van der Waals surface area contributed by atoms with Gasteiger partial charge in [-0.15, -0.1) is 0 Å². The summed E-state index contributed by atoms with van der Waals surface area (Å²) in [6.45, 7) is 5.39. The monoisotopic (exact) mass is 215 g/mol. The Kier molecular flexibility index (Phi) is 5.05. The zero-order valence-electron chi connectivity index (χ0n) is 9.86. The van der Waals surface area contributed by atoms with Gasteiger partial charge >= 0.3 is 5.97 Å². The highest BCUT2D eigenvalue weighted by molar-refractivity contribution is 5.71. The summed E-state index contributed by atoms with van der Waals surface area (Å²) in [6, 6.07) is 0. The molecule has 0 spiro atoms. The zero-order chi connectivity index (χ0) is 11.3. The molecule has 0 aromatic heterocycles. The maximum absolute atomic E-state index is 11.2. The predicted molar refractivity (Wildman–Crippen MR) is 57.6 cm³/mol. The van der Waals surface area contributed by atoms with E-state index in [1.165, 1.54) is 7.11 Å². The lowest BCUT2D eigenvalue weighted by Gasteiger charge is -2.22. The van der Waals surface area contributed by atoms with Crippen molar-refractivity contribution in [2.45, 2.75) is 13.3 Å². The SMILES string of the molecule is COC(=O)[C@@H](C)CN(C)C[C@@H]1CCOC1. The Hall–Kier alpha value is -0.610. The van der Waals surface area contributed by atoms with E-state index in [2.05, 4.69) is 4.90 Å². The van der Waals surface area contributed by atoms with Crippen molar-refractivity contribution in [1.82, 2.24) is 4.90 Å². The first-order valence-electron chi connectivity index (χ1n) is 5.47. The molecule has 1 saturated heterocycles. The number of methoxy groups -OCH3 is 1. The third kappa shape index (κ3) is 4.18. The molecule has 1 rings (SSSR count). The van der Waals surface area contributed by atoms with Crippen LogP contribution in [0.2, 0.25) is 0 Å². The van der Waals surface area contributed by atoms with Crippen molar-refractivity contribution >= 4 is 5.97 Å². The molecule has 0 amide bonds. The van der Waals surface area contributed by atoms with Crippen LogP contribution in [0.3, 0.4) is 0 Å². The van der Waals surface area contributed by atoms with E-state index in [0.29, 0.717) is 5.92 Å². The van der Waals surface area contributed by atoms with E-state index in [1.54, 1.807) is 0 Å². The van der Waals surface area contributed by atoms with Crippen LogP contribution in [-0.2, 0) is 14.3 Å². The molecule has 0 saturated carbocycles. The minimum Gasteiger partial charge on any atom is -0.469 e. The highest BCUT2D eigenvalue weighted by Crippen LogP contribution is 2.14. The van der Waals surface area contributed by atoms with E-state index >= 15 is 0 Å². The highest BCUT2D eigenvalue weighted by Gasteiger charge is 2.20. The fourth-order valence-corrected chi connectivity index (χ4v) is 1.99. The molecule has 0 aromatic rings. The van der Waals surface area contributed by atoms with Crippen LogP contribution in [0.15, 0.2) is 0 Å². The van der Waals surface area contributed by atoms with Gasteiger partial charge < -0.3 is 14.4 Å². The summed E-state index contributed by atoms with van der Waals surface area (Å²) in [5.74, 6) is 0.437. The van der Waals surface area contributed by atoms with Crippen LogP contribution in [0.4, 0.5) is 0 Å². The van der Waals surface area contributed by atoms with Crippen LogP contribution in [-0.4, -0.2) is 51.3 Å². The molecule has 0 aromatic carbocycles. The molecule has 0 N–H and O–H groups in total. The first-order valence-corrected chi connectivity index (χ1v) is 5.47. The van der Waals surface area contributed by atoms with Gasteiger partial charge in [-0.25, -0.2) is 0 Å². The van der Waals surface area contributed by atoms with E-state index in [9.17, 15) is 4.79 Å². The van der Waals surface area contributed by atoms with E-state index in [-0.39, 0.29) is 11.9 Å². The number of hydrogen-bond acceptors (Lipinski definition) is 4. The van der Waals surface area contributed by atoms with Crippen LogP contribution >= 0.6 is 0 Å². The van der Waals surface area contributed by atoms with Crippen LogP contribution in [0.1, 0.15) is 13.3 Å². The van der Waals surface area contributed by atoms with Crippen LogP contribution in [0, 0.1) is 11.8 Å². The average molecular weight is 215 g/mol. The number of esters is 1. The fraction of sp³-hybridized carbons (Fsp3) is 0.909. The Balaban J connectivity index is 2.22. The summed E-state index contributed by atoms with van der Waals surface area (Å²) < 4.78 is 10.0. The average Bonchev–Trinajstić information content (AvgIpc) is 2.68. The molecular weight excluding hydrogens is 194 g/mol. The second kappa shape index (κ2) is 6.08. The number of hydrogen-bond donors (Lipinski definition) is 0. The Morgan fingerprint density at radius 3 is 2.93 bits per heavy atom. The lowest BCUT2D eigenvalue weighted by Crippen LogP contribution is -2.33. The molecule has 0 radical (unpaired) electrons. The fourth-order valence-electron chi connectivity index (χ4n) is 1.99. The highest BCUT2D eigenvalue weighted by atomic mass is 16.5. The molecule has 1 heterocycles. The number of ether oxygens (including phenoxy) is 2. The number of carbonyl (C=O) groups excluding carboxylic acids is 1. The molecule has 0 bridgehead atoms. The molecule has 4 nitrogen and oxygen atoms in total. The quantitative estimate of drug-likeness (QED) is 0.635. The Labute approximate surface area is 91.5 Å². The summed E-state index contributed by atoms with van der Waals surface area (Å²) in [5.41, 5.74) is 0. The van der Waals surface area contributed by atoms with E-state index in [0.717, 1.165) is 32.7 Å².